The molecule has 1 saturated carbocycles. The number of hydrogen-bond donors (Lipinski definition) is 1. The SMILES string of the molecule is Cc1ncc2c(c1-c1noc(-c3ccn[nH]3)n1)CCN(CC1CCCC1)C2. The number of nitrogens with zero attached hydrogens (tertiary/aromatic N) is 5. The van der Waals surface area contributed by atoms with Crippen LogP contribution < -0.4 is 0 Å². The first-order valence-corrected chi connectivity index (χ1v) is 9.81. The van der Waals surface area contributed by atoms with Crippen LogP contribution in [0, 0.1) is 12.8 Å². The summed E-state index contributed by atoms with van der Waals surface area (Å²) in [5, 5.41) is 11.0. The Morgan fingerprint density at radius 2 is 2.19 bits per heavy atom. The Morgan fingerprint density at radius 3 is 3.00 bits per heavy atom. The molecule has 3 aromatic rings. The minimum Gasteiger partial charge on any atom is -0.332 e. The molecule has 1 fully saturated rings. The zero-order valence-corrected chi connectivity index (χ0v) is 15.6. The van der Waals surface area contributed by atoms with Crippen molar-refractivity contribution in [3.05, 3.63) is 35.3 Å². The lowest BCUT2D eigenvalue weighted by atomic mass is 9.94. The second-order valence-corrected chi connectivity index (χ2v) is 7.75. The van der Waals surface area contributed by atoms with E-state index in [0.29, 0.717) is 11.7 Å². The largest absolute Gasteiger partial charge is 0.332 e. The molecular formula is C20H24N6O. The first kappa shape index (κ1) is 16.6. The molecule has 5 rings (SSSR count). The first-order chi connectivity index (χ1) is 13.3. The molecular weight excluding hydrogens is 340 g/mol. The Balaban J connectivity index is 1.43. The third-order valence-corrected chi connectivity index (χ3v) is 5.91. The van der Waals surface area contributed by atoms with Crippen molar-refractivity contribution >= 4 is 0 Å². The van der Waals surface area contributed by atoms with E-state index in [0.717, 1.165) is 42.4 Å². The number of aromatic amines is 1. The predicted octanol–water partition coefficient (Wildman–Crippen LogP) is 3.38. The fourth-order valence-corrected chi connectivity index (χ4v) is 4.53. The normalized spacial score (nSPS) is 18.1. The number of aryl methyl sites for hydroxylation is 1. The summed E-state index contributed by atoms with van der Waals surface area (Å²) < 4.78 is 5.45. The van der Waals surface area contributed by atoms with E-state index in [1.807, 2.05) is 19.2 Å². The van der Waals surface area contributed by atoms with E-state index in [1.54, 1.807) is 6.20 Å². The van der Waals surface area contributed by atoms with Crippen molar-refractivity contribution in [3.8, 4) is 23.0 Å². The Morgan fingerprint density at radius 1 is 1.30 bits per heavy atom. The number of pyridine rings is 1. The van der Waals surface area contributed by atoms with Gasteiger partial charge in [-0.15, -0.1) is 0 Å². The van der Waals surface area contributed by atoms with Crippen molar-refractivity contribution < 1.29 is 4.52 Å². The molecule has 1 N–H and O–H groups in total. The molecule has 3 aromatic heterocycles. The summed E-state index contributed by atoms with van der Waals surface area (Å²) >= 11 is 0. The van der Waals surface area contributed by atoms with Gasteiger partial charge in [-0.1, -0.05) is 18.0 Å². The molecule has 0 unspecified atom stereocenters. The van der Waals surface area contributed by atoms with Gasteiger partial charge in [0.25, 0.3) is 5.89 Å². The minimum absolute atomic E-state index is 0.457. The van der Waals surface area contributed by atoms with Crippen molar-refractivity contribution in [1.29, 1.82) is 0 Å². The number of rotatable bonds is 4. The highest BCUT2D eigenvalue weighted by Crippen LogP contribution is 2.33. The van der Waals surface area contributed by atoms with Crippen molar-refractivity contribution in [2.45, 2.75) is 45.6 Å². The van der Waals surface area contributed by atoms with Gasteiger partial charge in [0.2, 0.25) is 5.82 Å². The Hall–Kier alpha value is -2.54. The van der Waals surface area contributed by atoms with E-state index in [1.165, 1.54) is 43.4 Å². The van der Waals surface area contributed by atoms with E-state index in [-0.39, 0.29) is 0 Å². The van der Waals surface area contributed by atoms with E-state index < -0.39 is 0 Å². The number of H-pyrrole nitrogens is 1. The van der Waals surface area contributed by atoms with E-state index in [4.69, 9.17) is 4.52 Å². The lowest BCUT2D eigenvalue weighted by molar-refractivity contribution is 0.214. The molecule has 1 aliphatic heterocycles. The van der Waals surface area contributed by atoms with E-state index in [2.05, 4.69) is 30.2 Å². The molecule has 0 bridgehead atoms. The van der Waals surface area contributed by atoms with Crippen LogP contribution in [0.5, 0.6) is 0 Å². The van der Waals surface area contributed by atoms with Gasteiger partial charge in [-0.25, -0.2) is 0 Å². The predicted molar refractivity (Wildman–Crippen MR) is 101 cm³/mol. The van der Waals surface area contributed by atoms with Crippen LogP contribution in [-0.2, 0) is 13.0 Å². The van der Waals surface area contributed by atoms with Gasteiger partial charge < -0.3 is 4.52 Å². The minimum atomic E-state index is 0.457. The Bertz CT molecular complexity index is 926. The molecule has 0 spiro atoms. The van der Waals surface area contributed by atoms with Crippen molar-refractivity contribution in [2.75, 3.05) is 13.1 Å². The van der Waals surface area contributed by atoms with Crippen LogP contribution in [0.2, 0.25) is 0 Å². The molecule has 4 heterocycles. The van der Waals surface area contributed by atoms with Gasteiger partial charge in [0.1, 0.15) is 5.69 Å². The number of fused-ring (bicyclic) bond motifs is 1. The number of nitrogens with one attached hydrogen (secondary N) is 1. The molecule has 0 radical (unpaired) electrons. The Kier molecular flexibility index (Phi) is 4.24. The topological polar surface area (TPSA) is 83.7 Å². The molecule has 0 aromatic carbocycles. The molecule has 140 valence electrons. The van der Waals surface area contributed by atoms with E-state index >= 15 is 0 Å². The van der Waals surface area contributed by atoms with Gasteiger partial charge in [-0.05, 0) is 49.3 Å². The molecule has 1 aliphatic carbocycles. The zero-order valence-electron chi connectivity index (χ0n) is 15.6. The standard InChI is InChI=1S/C20H24N6O/c1-13-18(19-23-20(27-25-19)17-6-8-22-24-17)16-7-9-26(12-15(16)10-21-13)11-14-4-2-3-5-14/h6,8,10,14H,2-5,7,9,11-12H2,1H3,(H,22,24). The molecule has 2 aliphatic rings. The summed E-state index contributed by atoms with van der Waals surface area (Å²) in [7, 11) is 0. The molecule has 7 heteroatoms. The van der Waals surface area contributed by atoms with Crippen LogP contribution in [-0.4, -0.2) is 43.3 Å². The summed E-state index contributed by atoms with van der Waals surface area (Å²) in [4.78, 5) is 11.8. The maximum absolute atomic E-state index is 5.45. The van der Waals surface area contributed by atoms with Crippen molar-refractivity contribution in [2.24, 2.45) is 5.92 Å². The summed E-state index contributed by atoms with van der Waals surface area (Å²) in [6.07, 6.45) is 10.3. The van der Waals surface area contributed by atoms with Gasteiger partial charge in [0.05, 0.1) is 0 Å². The lowest BCUT2D eigenvalue weighted by Crippen LogP contribution is -2.34. The van der Waals surface area contributed by atoms with Gasteiger partial charge in [-0.2, -0.15) is 10.1 Å². The van der Waals surface area contributed by atoms with E-state index in [9.17, 15) is 0 Å². The maximum atomic E-state index is 5.45. The second-order valence-electron chi connectivity index (χ2n) is 7.75. The van der Waals surface area contributed by atoms with Crippen LogP contribution in [0.4, 0.5) is 0 Å². The summed E-state index contributed by atoms with van der Waals surface area (Å²) in [6, 6.07) is 1.82. The van der Waals surface area contributed by atoms with Crippen molar-refractivity contribution in [1.82, 2.24) is 30.2 Å². The highest BCUT2D eigenvalue weighted by molar-refractivity contribution is 5.66. The maximum Gasteiger partial charge on any atom is 0.276 e. The van der Waals surface area contributed by atoms with Crippen LogP contribution in [0.15, 0.2) is 23.0 Å². The fraction of sp³-hybridized carbons (Fsp3) is 0.500. The zero-order chi connectivity index (χ0) is 18.2. The molecule has 7 nitrogen and oxygen atoms in total. The highest BCUT2D eigenvalue weighted by atomic mass is 16.5. The monoisotopic (exact) mass is 364 g/mol. The average molecular weight is 364 g/mol. The average Bonchev–Trinajstić information content (AvgIpc) is 3.43. The van der Waals surface area contributed by atoms with Crippen molar-refractivity contribution in [3.63, 3.8) is 0 Å². The van der Waals surface area contributed by atoms with Gasteiger partial charge in [-0.3, -0.25) is 15.0 Å². The molecule has 0 saturated heterocycles. The van der Waals surface area contributed by atoms with Crippen LogP contribution >= 0.6 is 0 Å². The summed E-state index contributed by atoms with van der Waals surface area (Å²) in [5.41, 5.74) is 5.33. The molecule has 0 atom stereocenters. The second kappa shape index (κ2) is 6.88. The van der Waals surface area contributed by atoms with Gasteiger partial charge >= 0.3 is 0 Å². The third-order valence-electron chi connectivity index (χ3n) is 5.91. The number of hydrogen-bond acceptors (Lipinski definition) is 6. The summed E-state index contributed by atoms with van der Waals surface area (Å²) in [6.45, 7) is 5.30. The van der Waals surface area contributed by atoms with Crippen LogP contribution in [0.1, 0.15) is 42.5 Å². The smallest absolute Gasteiger partial charge is 0.276 e. The quantitative estimate of drug-likeness (QED) is 0.764. The first-order valence-electron chi connectivity index (χ1n) is 9.81. The van der Waals surface area contributed by atoms with Crippen LogP contribution in [0.3, 0.4) is 0 Å². The molecule has 27 heavy (non-hydrogen) atoms. The fourth-order valence-electron chi connectivity index (χ4n) is 4.53. The highest BCUT2D eigenvalue weighted by Gasteiger charge is 2.26. The third kappa shape index (κ3) is 3.16. The lowest BCUT2D eigenvalue weighted by Gasteiger charge is -2.31. The molecule has 0 amide bonds. The Labute approximate surface area is 158 Å². The van der Waals surface area contributed by atoms with Gasteiger partial charge in [0, 0.05) is 43.3 Å². The number of aromatic nitrogens is 5. The van der Waals surface area contributed by atoms with Crippen LogP contribution in [0.25, 0.3) is 23.0 Å². The van der Waals surface area contributed by atoms with Gasteiger partial charge in [0.15, 0.2) is 0 Å². The summed E-state index contributed by atoms with van der Waals surface area (Å²) in [5.74, 6) is 1.95.